The summed E-state index contributed by atoms with van der Waals surface area (Å²) < 4.78 is 0. The number of benzene rings is 2. The molecule has 0 fully saturated rings. The van der Waals surface area contributed by atoms with E-state index in [1.165, 1.54) is 0 Å². The van der Waals surface area contributed by atoms with Gasteiger partial charge in [0.2, 0.25) is 0 Å². The maximum absolute atomic E-state index is 12.3. The molecule has 0 saturated carbocycles. The zero-order valence-electron chi connectivity index (χ0n) is 17.3. The number of carboxylic acid groups (broad SMARTS) is 2. The van der Waals surface area contributed by atoms with Gasteiger partial charge in [-0.05, 0) is 54.4 Å². The summed E-state index contributed by atoms with van der Waals surface area (Å²) >= 11 is 12.7. The minimum Gasteiger partial charge on any atom is -0.481 e. The first-order valence-corrected chi connectivity index (χ1v) is 10.7. The monoisotopic (exact) mass is 479 g/mol. The van der Waals surface area contributed by atoms with Crippen molar-refractivity contribution >= 4 is 46.9 Å². The van der Waals surface area contributed by atoms with Gasteiger partial charge >= 0.3 is 18.0 Å². The molecule has 8 nitrogen and oxygen atoms in total. The fourth-order valence-corrected chi connectivity index (χ4v) is 4.38. The number of anilines is 1. The van der Waals surface area contributed by atoms with Gasteiger partial charge in [-0.15, -0.1) is 0 Å². The third-order valence-corrected chi connectivity index (χ3v) is 5.85. The second-order valence-electron chi connectivity index (χ2n) is 7.75. The Morgan fingerprint density at radius 1 is 1.19 bits per heavy atom. The van der Waals surface area contributed by atoms with Gasteiger partial charge in [0.1, 0.15) is 6.04 Å². The van der Waals surface area contributed by atoms with E-state index in [0.717, 1.165) is 23.2 Å². The maximum Gasteiger partial charge on any atom is 0.326 e. The number of nitrogens with zero attached hydrogens (tertiary/aromatic N) is 1. The van der Waals surface area contributed by atoms with Gasteiger partial charge in [-0.3, -0.25) is 4.79 Å². The van der Waals surface area contributed by atoms with Crippen LogP contribution in [0.4, 0.5) is 10.5 Å². The molecule has 0 saturated heterocycles. The highest BCUT2D eigenvalue weighted by Crippen LogP contribution is 2.38. The maximum atomic E-state index is 12.3. The van der Waals surface area contributed by atoms with Crippen LogP contribution in [0.25, 0.3) is 0 Å². The highest BCUT2D eigenvalue weighted by Gasteiger charge is 2.27. The van der Waals surface area contributed by atoms with Crippen LogP contribution in [0.1, 0.15) is 35.4 Å². The Morgan fingerprint density at radius 3 is 2.62 bits per heavy atom. The standard InChI is InChI=1S/C22H23Cl2N3O5/c1-27-10-16(15-8-13(23)9-18(24)17(15)11-27)12-3-2-4-14(7-12)25-22(32)26-19(21(30)31)5-6-20(28)29/h2-4,7-9,16,19H,5-6,10-11H2,1H3,(H,28,29)(H,30,31)(H2,25,26,32). The molecule has 1 aliphatic heterocycles. The molecule has 0 aromatic heterocycles. The van der Waals surface area contributed by atoms with Gasteiger partial charge in [-0.1, -0.05) is 35.3 Å². The third kappa shape index (κ3) is 5.91. The lowest BCUT2D eigenvalue weighted by Gasteiger charge is -2.33. The summed E-state index contributed by atoms with van der Waals surface area (Å²) in [4.78, 5) is 36.5. The average Bonchev–Trinajstić information content (AvgIpc) is 2.71. The zero-order chi connectivity index (χ0) is 23.4. The molecule has 2 unspecified atom stereocenters. The van der Waals surface area contributed by atoms with Gasteiger partial charge in [-0.25, -0.2) is 9.59 Å². The van der Waals surface area contributed by atoms with E-state index in [2.05, 4.69) is 15.5 Å². The molecule has 32 heavy (non-hydrogen) atoms. The number of nitrogens with one attached hydrogen (secondary N) is 2. The average molecular weight is 480 g/mol. The molecule has 0 bridgehead atoms. The fourth-order valence-electron chi connectivity index (χ4n) is 3.81. The predicted molar refractivity (Wildman–Crippen MR) is 122 cm³/mol. The summed E-state index contributed by atoms with van der Waals surface area (Å²) in [5.74, 6) is -2.46. The molecule has 4 N–H and O–H groups in total. The van der Waals surface area contributed by atoms with E-state index in [9.17, 15) is 19.5 Å². The molecule has 1 aliphatic rings. The summed E-state index contributed by atoms with van der Waals surface area (Å²) in [5, 5.41) is 24.1. The van der Waals surface area contributed by atoms with Crippen LogP contribution < -0.4 is 10.6 Å². The van der Waals surface area contributed by atoms with Crippen molar-refractivity contribution in [2.24, 2.45) is 0 Å². The van der Waals surface area contributed by atoms with Gasteiger partial charge < -0.3 is 25.7 Å². The van der Waals surface area contributed by atoms with E-state index >= 15 is 0 Å². The summed E-state index contributed by atoms with van der Waals surface area (Å²) in [6.07, 6.45) is -0.586. The number of aliphatic carboxylic acids is 2. The molecule has 0 aliphatic carbocycles. The summed E-state index contributed by atoms with van der Waals surface area (Å²) in [7, 11) is 2.00. The molecular weight excluding hydrogens is 457 g/mol. The number of urea groups is 1. The van der Waals surface area contributed by atoms with E-state index in [1.54, 1.807) is 18.2 Å². The first-order valence-electron chi connectivity index (χ1n) is 9.92. The topological polar surface area (TPSA) is 119 Å². The Bertz CT molecular complexity index is 1050. The molecule has 3 rings (SSSR count). The van der Waals surface area contributed by atoms with Crippen LogP contribution in [0.2, 0.25) is 10.0 Å². The molecule has 2 atom stereocenters. The number of hydrogen-bond donors (Lipinski definition) is 4. The largest absolute Gasteiger partial charge is 0.481 e. The second kappa shape index (κ2) is 10.2. The number of carboxylic acids is 2. The first-order chi connectivity index (χ1) is 15.1. The van der Waals surface area contributed by atoms with Crippen LogP contribution >= 0.6 is 23.2 Å². The van der Waals surface area contributed by atoms with Gasteiger partial charge in [0.25, 0.3) is 0 Å². The molecule has 1 heterocycles. The fraction of sp³-hybridized carbons (Fsp3) is 0.318. The molecular formula is C22H23Cl2N3O5. The zero-order valence-corrected chi connectivity index (χ0v) is 18.8. The van der Waals surface area contributed by atoms with Crippen molar-refractivity contribution in [1.29, 1.82) is 0 Å². The normalized spacial score (nSPS) is 16.7. The Kier molecular flexibility index (Phi) is 7.60. The van der Waals surface area contributed by atoms with Crippen molar-refractivity contribution in [2.75, 3.05) is 18.9 Å². The first kappa shape index (κ1) is 23.8. The molecule has 2 aromatic carbocycles. The Labute approximate surface area is 195 Å². The smallest absolute Gasteiger partial charge is 0.326 e. The number of likely N-dealkylation sites (N-methyl/N-ethyl adjacent to an activating group) is 1. The van der Waals surface area contributed by atoms with Crippen molar-refractivity contribution in [3.05, 3.63) is 63.1 Å². The number of halogens is 2. The van der Waals surface area contributed by atoms with E-state index in [1.807, 2.05) is 25.2 Å². The number of amides is 2. The molecule has 0 radical (unpaired) electrons. The number of carbonyl (C=O) groups is 3. The molecule has 2 amide bonds. The summed E-state index contributed by atoms with van der Waals surface area (Å²) in [6.45, 7) is 1.44. The number of fused-ring (bicyclic) bond motifs is 1. The minimum atomic E-state index is -1.31. The van der Waals surface area contributed by atoms with Gasteiger partial charge in [0, 0.05) is 41.2 Å². The van der Waals surface area contributed by atoms with Crippen LogP contribution in [-0.2, 0) is 16.1 Å². The van der Waals surface area contributed by atoms with Crippen LogP contribution in [0.15, 0.2) is 36.4 Å². The Hall–Kier alpha value is -2.81. The molecule has 2 aromatic rings. The third-order valence-electron chi connectivity index (χ3n) is 5.29. The lowest BCUT2D eigenvalue weighted by Crippen LogP contribution is -2.43. The summed E-state index contributed by atoms with van der Waals surface area (Å²) in [6, 6.07) is 8.84. The van der Waals surface area contributed by atoms with Crippen molar-refractivity contribution < 1.29 is 24.6 Å². The second-order valence-corrected chi connectivity index (χ2v) is 8.60. The molecule has 0 spiro atoms. The van der Waals surface area contributed by atoms with Gasteiger partial charge in [0.05, 0.1) is 0 Å². The lowest BCUT2D eigenvalue weighted by atomic mass is 9.84. The quantitative estimate of drug-likeness (QED) is 0.476. The Balaban J connectivity index is 1.78. The predicted octanol–water partition coefficient (Wildman–Crippen LogP) is 4.01. The van der Waals surface area contributed by atoms with Crippen LogP contribution in [0.5, 0.6) is 0 Å². The van der Waals surface area contributed by atoms with E-state index in [0.29, 0.717) is 22.3 Å². The number of hydrogen-bond acceptors (Lipinski definition) is 4. The van der Waals surface area contributed by atoms with E-state index in [4.69, 9.17) is 28.3 Å². The van der Waals surface area contributed by atoms with Crippen LogP contribution in [0.3, 0.4) is 0 Å². The van der Waals surface area contributed by atoms with Crippen molar-refractivity contribution in [1.82, 2.24) is 10.2 Å². The Morgan fingerprint density at radius 2 is 1.94 bits per heavy atom. The SMILES string of the molecule is CN1Cc2c(Cl)cc(Cl)cc2C(c2cccc(NC(=O)NC(CCC(=O)O)C(=O)O)c2)C1. The van der Waals surface area contributed by atoms with Gasteiger partial charge in [-0.2, -0.15) is 0 Å². The van der Waals surface area contributed by atoms with Gasteiger partial charge in [0.15, 0.2) is 0 Å². The molecule has 10 heteroatoms. The number of rotatable bonds is 7. The lowest BCUT2D eigenvalue weighted by molar-refractivity contribution is -0.140. The van der Waals surface area contributed by atoms with Crippen LogP contribution in [-0.4, -0.2) is 52.7 Å². The van der Waals surface area contributed by atoms with E-state index < -0.39 is 24.0 Å². The van der Waals surface area contributed by atoms with Crippen molar-refractivity contribution in [3.63, 3.8) is 0 Å². The number of carbonyl (C=O) groups excluding carboxylic acids is 1. The highest BCUT2D eigenvalue weighted by molar-refractivity contribution is 6.35. The highest BCUT2D eigenvalue weighted by atomic mass is 35.5. The summed E-state index contributed by atoms with van der Waals surface area (Å²) in [5.41, 5.74) is 3.45. The van der Waals surface area contributed by atoms with Crippen LogP contribution in [0, 0.1) is 0 Å². The van der Waals surface area contributed by atoms with Crippen molar-refractivity contribution in [2.45, 2.75) is 31.3 Å². The minimum absolute atomic E-state index is 0.0212. The van der Waals surface area contributed by atoms with E-state index in [-0.39, 0.29) is 18.8 Å². The molecule has 170 valence electrons. The van der Waals surface area contributed by atoms with Crippen molar-refractivity contribution in [3.8, 4) is 0 Å².